The van der Waals surface area contributed by atoms with Gasteiger partial charge in [-0.3, -0.25) is 0 Å². The second-order valence-electron chi connectivity index (χ2n) is 7.04. The monoisotopic (exact) mass is 347 g/mol. The Hall–Kier alpha value is -0.250. The van der Waals surface area contributed by atoms with E-state index in [4.69, 9.17) is 9.47 Å². The van der Waals surface area contributed by atoms with E-state index in [9.17, 15) is 8.42 Å². The summed E-state index contributed by atoms with van der Waals surface area (Å²) in [6.45, 7) is 4.43. The average molecular weight is 347 g/mol. The number of methoxy groups -OCH3 is 1. The molecular formula is C15H29N3O4S. The van der Waals surface area contributed by atoms with Crippen LogP contribution in [0.25, 0.3) is 0 Å². The fourth-order valence-electron chi connectivity index (χ4n) is 3.96. The summed E-state index contributed by atoms with van der Waals surface area (Å²) in [7, 11) is 0.302. The second kappa shape index (κ2) is 6.93. The first-order valence-electron chi connectivity index (χ1n) is 8.55. The van der Waals surface area contributed by atoms with Gasteiger partial charge in [-0.25, -0.2) is 0 Å². The molecule has 0 radical (unpaired) electrons. The summed E-state index contributed by atoms with van der Waals surface area (Å²) >= 11 is 0. The molecule has 7 nitrogen and oxygen atoms in total. The largest absolute Gasteiger partial charge is 0.383 e. The SMILES string of the molecule is COCC1CCCN1S(=O)(=O)N1CCOC2(CCN(C)CC2)C1. The number of rotatable bonds is 4. The van der Waals surface area contributed by atoms with Crippen LogP contribution in [0.4, 0.5) is 0 Å². The minimum atomic E-state index is -3.43. The predicted molar refractivity (Wildman–Crippen MR) is 87.5 cm³/mol. The van der Waals surface area contributed by atoms with Gasteiger partial charge in [-0.2, -0.15) is 17.0 Å². The molecule has 0 N–H and O–H groups in total. The Kier molecular flexibility index (Phi) is 5.30. The van der Waals surface area contributed by atoms with Gasteiger partial charge in [0.1, 0.15) is 0 Å². The van der Waals surface area contributed by atoms with Gasteiger partial charge in [0.2, 0.25) is 0 Å². The van der Waals surface area contributed by atoms with E-state index < -0.39 is 10.2 Å². The molecule has 0 saturated carbocycles. The van der Waals surface area contributed by atoms with E-state index in [1.54, 1.807) is 15.7 Å². The molecule has 1 atom stereocenters. The Balaban J connectivity index is 1.72. The normalized spacial score (nSPS) is 31.0. The molecule has 0 aliphatic carbocycles. The number of likely N-dealkylation sites (tertiary alicyclic amines) is 1. The van der Waals surface area contributed by atoms with Gasteiger partial charge in [-0.05, 0) is 32.7 Å². The van der Waals surface area contributed by atoms with Gasteiger partial charge in [0.15, 0.2) is 0 Å². The predicted octanol–water partition coefficient (Wildman–Crippen LogP) is 0.139. The van der Waals surface area contributed by atoms with Crippen LogP contribution in [-0.4, -0.2) is 93.7 Å². The van der Waals surface area contributed by atoms with Crippen LogP contribution in [0.1, 0.15) is 25.7 Å². The minimum Gasteiger partial charge on any atom is -0.383 e. The van der Waals surface area contributed by atoms with E-state index >= 15 is 0 Å². The fraction of sp³-hybridized carbons (Fsp3) is 1.00. The van der Waals surface area contributed by atoms with Gasteiger partial charge >= 0.3 is 0 Å². The molecule has 1 unspecified atom stereocenters. The lowest BCUT2D eigenvalue weighted by Gasteiger charge is -2.47. The summed E-state index contributed by atoms with van der Waals surface area (Å²) in [5.41, 5.74) is -0.297. The summed E-state index contributed by atoms with van der Waals surface area (Å²) in [6.07, 6.45) is 3.59. The first-order valence-corrected chi connectivity index (χ1v) is 9.95. The number of morpholine rings is 1. The standard InChI is InChI=1S/C15H29N3O4S/c1-16-8-5-15(6-9-16)13-17(10-11-22-15)23(19,20)18-7-3-4-14(18)12-21-2/h14H,3-13H2,1-2H3. The smallest absolute Gasteiger partial charge is 0.282 e. The Labute approximate surface area is 139 Å². The summed E-state index contributed by atoms with van der Waals surface area (Å²) in [5, 5.41) is 0. The third-order valence-corrected chi connectivity index (χ3v) is 7.45. The van der Waals surface area contributed by atoms with Gasteiger partial charge < -0.3 is 14.4 Å². The Bertz CT molecular complexity index is 505. The number of hydrogen-bond donors (Lipinski definition) is 0. The van der Waals surface area contributed by atoms with E-state index in [1.807, 2.05) is 0 Å². The highest BCUT2D eigenvalue weighted by molar-refractivity contribution is 7.86. The van der Waals surface area contributed by atoms with Gasteiger partial charge in [-0.15, -0.1) is 0 Å². The van der Waals surface area contributed by atoms with Crippen LogP contribution < -0.4 is 0 Å². The van der Waals surface area contributed by atoms with Crippen LogP contribution in [0.2, 0.25) is 0 Å². The lowest BCUT2D eigenvalue weighted by molar-refractivity contribution is -0.118. The molecule has 3 heterocycles. The van der Waals surface area contributed by atoms with E-state index in [0.29, 0.717) is 32.8 Å². The van der Waals surface area contributed by atoms with Crippen molar-refractivity contribution >= 4 is 10.2 Å². The van der Waals surface area contributed by atoms with Gasteiger partial charge in [0.05, 0.1) is 18.8 Å². The van der Waals surface area contributed by atoms with Crippen molar-refractivity contribution in [2.75, 3.05) is 60.1 Å². The van der Waals surface area contributed by atoms with Crippen molar-refractivity contribution in [2.45, 2.75) is 37.3 Å². The molecule has 3 saturated heterocycles. The zero-order valence-corrected chi connectivity index (χ0v) is 15.1. The lowest BCUT2D eigenvalue weighted by atomic mass is 9.90. The summed E-state index contributed by atoms with van der Waals surface area (Å²) < 4.78 is 40.7. The molecule has 3 aliphatic heterocycles. The topological polar surface area (TPSA) is 62.3 Å². The summed E-state index contributed by atoms with van der Waals surface area (Å²) in [5.74, 6) is 0. The fourth-order valence-corrected chi connectivity index (χ4v) is 5.86. The summed E-state index contributed by atoms with van der Waals surface area (Å²) in [4.78, 5) is 2.27. The van der Waals surface area contributed by atoms with Crippen LogP contribution in [0.15, 0.2) is 0 Å². The molecule has 0 aromatic carbocycles. The minimum absolute atomic E-state index is 0.0266. The molecule has 134 valence electrons. The molecular weight excluding hydrogens is 318 g/mol. The first-order chi connectivity index (χ1) is 11.0. The van der Waals surface area contributed by atoms with E-state index in [0.717, 1.165) is 38.8 Å². The van der Waals surface area contributed by atoms with Crippen LogP contribution in [-0.2, 0) is 19.7 Å². The molecule has 3 fully saturated rings. The first kappa shape index (κ1) is 17.6. The van der Waals surface area contributed by atoms with Gasteiger partial charge in [0.25, 0.3) is 10.2 Å². The second-order valence-corrected chi connectivity index (χ2v) is 8.92. The number of nitrogens with zero attached hydrogens (tertiary/aromatic N) is 3. The molecule has 0 amide bonds. The maximum atomic E-state index is 13.1. The van der Waals surface area contributed by atoms with E-state index in [-0.39, 0.29) is 11.6 Å². The zero-order chi connectivity index (χ0) is 16.5. The van der Waals surface area contributed by atoms with Crippen molar-refractivity contribution in [1.29, 1.82) is 0 Å². The number of piperidine rings is 1. The highest BCUT2D eigenvalue weighted by Gasteiger charge is 2.45. The third kappa shape index (κ3) is 3.57. The number of ether oxygens (including phenoxy) is 2. The zero-order valence-electron chi connectivity index (χ0n) is 14.2. The van der Waals surface area contributed by atoms with Gasteiger partial charge in [0, 0.05) is 45.9 Å². The van der Waals surface area contributed by atoms with Crippen molar-refractivity contribution in [1.82, 2.24) is 13.5 Å². The molecule has 0 aromatic rings. The lowest BCUT2D eigenvalue weighted by Crippen LogP contribution is -2.60. The van der Waals surface area contributed by atoms with E-state index in [2.05, 4.69) is 11.9 Å². The molecule has 3 rings (SSSR count). The molecule has 0 aromatic heterocycles. The van der Waals surface area contributed by atoms with Crippen molar-refractivity contribution in [2.24, 2.45) is 0 Å². The molecule has 8 heteroatoms. The van der Waals surface area contributed by atoms with Crippen molar-refractivity contribution in [3.8, 4) is 0 Å². The molecule has 0 bridgehead atoms. The maximum absolute atomic E-state index is 13.1. The Morgan fingerprint density at radius 3 is 2.65 bits per heavy atom. The van der Waals surface area contributed by atoms with Crippen LogP contribution in [0.5, 0.6) is 0 Å². The van der Waals surface area contributed by atoms with E-state index in [1.165, 1.54) is 0 Å². The summed E-state index contributed by atoms with van der Waals surface area (Å²) in [6, 6.07) is -0.0266. The molecule has 1 spiro atoms. The highest BCUT2D eigenvalue weighted by atomic mass is 32.2. The van der Waals surface area contributed by atoms with Crippen molar-refractivity contribution in [3.63, 3.8) is 0 Å². The average Bonchev–Trinajstić information content (AvgIpc) is 3.00. The number of hydrogen-bond acceptors (Lipinski definition) is 5. The Morgan fingerprint density at radius 2 is 1.96 bits per heavy atom. The highest BCUT2D eigenvalue weighted by Crippen LogP contribution is 2.32. The van der Waals surface area contributed by atoms with Gasteiger partial charge in [-0.1, -0.05) is 0 Å². The van der Waals surface area contributed by atoms with Crippen LogP contribution in [0.3, 0.4) is 0 Å². The van der Waals surface area contributed by atoms with Crippen LogP contribution in [0, 0.1) is 0 Å². The maximum Gasteiger partial charge on any atom is 0.282 e. The Morgan fingerprint density at radius 1 is 1.22 bits per heavy atom. The third-order valence-electron chi connectivity index (χ3n) is 5.42. The molecule has 23 heavy (non-hydrogen) atoms. The quantitative estimate of drug-likeness (QED) is 0.724. The van der Waals surface area contributed by atoms with Crippen molar-refractivity contribution < 1.29 is 17.9 Å². The van der Waals surface area contributed by atoms with Crippen molar-refractivity contribution in [3.05, 3.63) is 0 Å². The molecule has 3 aliphatic rings. The van der Waals surface area contributed by atoms with Crippen LogP contribution >= 0.6 is 0 Å².